The van der Waals surface area contributed by atoms with Crippen LogP contribution in [0.3, 0.4) is 0 Å². The Hall–Kier alpha value is -3.52. The first kappa shape index (κ1) is 21.7. The number of amides is 2. The fourth-order valence-electron chi connectivity index (χ4n) is 3.90. The van der Waals surface area contributed by atoms with Crippen molar-refractivity contribution in [3.63, 3.8) is 0 Å². The van der Waals surface area contributed by atoms with Crippen molar-refractivity contribution in [1.82, 2.24) is 15.3 Å². The molecule has 4 rings (SSSR count). The molecule has 0 radical (unpaired) electrons. The molecule has 1 fully saturated rings. The van der Waals surface area contributed by atoms with Crippen LogP contribution < -0.4 is 20.2 Å². The van der Waals surface area contributed by atoms with Crippen molar-refractivity contribution in [2.45, 2.75) is 32.4 Å². The van der Waals surface area contributed by atoms with Gasteiger partial charge in [0, 0.05) is 18.1 Å². The van der Waals surface area contributed by atoms with E-state index < -0.39 is 0 Å². The molecule has 2 atom stereocenters. The van der Waals surface area contributed by atoms with Crippen LogP contribution >= 0.6 is 0 Å². The van der Waals surface area contributed by atoms with Crippen LogP contribution in [0.15, 0.2) is 60.9 Å². The van der Waals surface area contributed by atoms with E-state index in [2.05, 4.69) is 10.7 Å². The Morgan fingerprint density at radius 1 is 1.00 bits per heavy atom. The first-order valence-electron chi connectivity index (χ1n) is 10.9. The van der Waals surface area contributed by atoms with Crippen molar-refractivity contribution >= 4 is 17.5 Å². The normalized spacial score (nSPS) is 19.6. The number of rotatable bonds is 8. The highest BCUT2D eigenvalue weighted by molar-refractivity contribution is 5.96. The van der Waals surface area contributed by atoms with E-state index in [1.807, 2.05) is 49.3 Å². The van der Waals surface area contributed by atoms with Gasteiger partial charge in [0.25, 0.3) is 5.91 Å². The lowest BCUT2D eigenvalue weighted by molar-refractivity contribution is -0.137. The van der Waals surface area contributed by atoms with E-state index in [1.54, 1.807) is 30.5 Å². The molecule has 0 aromatic heterocycles. The molecule has 0 saturated carbocycles. The van der Waals surface area contributed by atoms with Crippen LogP contribution in [0, 0.1) is 0 Å². The molecule has 2 aliphatic rings. The Bertz CT molecular complexity index is 974. The van der Waals surface area contributed by atoms with Gasteiger partial charge in [0.2, 0.25) is 5.91 Å². The molecule has 8 nitrogen and oxygen atoms in total. The summed E-state index contributed by atoms with van der Waals surface area (Å²) < 4.78 is 10.9. The van der Waals surface area contributed by atoms with Gasteiger partial charge in [-0.05, 0) is 62.2 Å². The van der Waals surface area contributed by atoms with Gasteiger partial charge in [-0.15, -0.1) is 0 Å². The molecule has 2 aromatic carbocycles. The van der Waals surface area contributed by atoms with Crippen LogP contribution in [0.4, 0.5) is 5.69 Å². The molecule has 2 unspecified atom stereocenters. The number of carbonyl (C=O) groups excluding carboxylic acids is 2. The summed E-state index contributed by atoms with van der Waals surface area (Å²) in [7, 11) is 0. The minimum Gasteiger partial charge on any atom is -0.494 e. The Morgan fingerprint density at radius 3 is 2.25 bits per heavy atom. The Kier molecular flexibility index (Phi) is 6.61. The molecule has 0 bridgehead atoms. The maximum Gasteiger partial charge on any atom is 0.251 e. The number of nitrogens with zero attached hydrogens (tertiary/aromatic N) is 2. The van der Waals surface area contributed by atoms with E-state index in [1.165, 1.54) is 4.90 Å². The number of carbonyl (C=O) groups is 2. The van der Waals surface area contributed by atoms with E-state index in [9.17, 15) is 9.59 Å². The quantitative estimate of drug-likeness (QED) is 0.662. The predicted octanol–water partition coefficient (Wildman–Crippen LogP) is 3.06. The van der Waals surface area contributed by atoms with E-state index >= 15 is 0 Å². The summed E-state index contributed by atoms with van der Waals surface area (Å²) in [5, 5.41) is 4.65. The van der Waals surface area contributed by atoms with Crippen molar-refractivity contribution in [1.29, 1.82) is 0 Å². The number of hydrogen-bond acceptors (Lipinski definition) is 6. The highest BCUT2D eigenvalue weighted by Crippen LogP contribution is 2.31. The molecule has 8 heteroatoms. The molecule has 168 valence electrons. The zero-order valence-corrected chi connectivity index (χ0v) is 18.3. The molecule has 0 aliphatic carbocycles. The van der Waals surface area contributed by atoms with Crippen LogP contribution in [-0.4, -0.2) is 47.5 Å². The van der Waals surface area contributed by atoms with Gasteiger partial charge in [0.15, 0.2) is 0 Å². The van der Waals surface area contributed by atoms with Crippen molar-refractivity contribution in [3.8, 4) is 11.5 Å². The standard InChI is InChI=1S/C24H28N4O4/c1-3-31-19-9-5-17(6-10-19)21-15-22-24(30)27(13-14-28(22)26-21)16-23(29)25-18-7-11-20(12-8-18)32-4-2/h5-14,21-22,26H,3-4,15-16H2,1-2H3,(H,25,29). The van der Waals surface area contributed by atoms with E-state index in [0.717, 1.165) is 17.1 Å². The SMILES string of the molecule is CCOc1ccc(NC(=O)CN2C=CN3NC(c4ccc(OCC)cc4)CC3C2=O)cc1. The summed E-state index contributed by atoms with van der Waals surface area (Å²) in [6.07, 6.45) is 4.07. The summed E-state index contributed by atoms with van der Waals surface area (Å²) in [5.41, 5.74) is 5.11. The van der Waals surface area contributed by atoms with Crippen LogP contribution in [0.2, 0.25) is 0 Å². The van der Waals surface area contributed by atoms with Crippen molar-refractivity contribution in [2.75, 3.05) is 25.1 Å². The number of hydrogen-bond donors (Lipinski definition) is 2. The zero-order chi connectivity index (χ0) is 22.5. The lowest BCUT2D eigenvalue weighted by atomic mass is 10.0. The molecule has 2 aliphatic heterocycles. The third kappa shape index (κ3) is 4.86. The summed E-state index contributed by atoms with van der Waals surface area (Å²) >= 11 is 0. The van der Waals surface area contributed by atoms with Gasteiger partial charge in [-0.1, -0.05) is 12.1 Å². The molecular formula is C24H28N4O4. The van der Waals surface area contributed by atoms with Crippen LogP contribution in [0.1, 0.15) is 31.9 Å². The van der Waals surface area contributed by atoms with Gasteiger partial charge in [-0.3, -0.25) is 9.59 Å². The van der Waals surface area contributed by atoms with Gasteiger partial charge < -0.3 is 24.7 Å². The molecule has 1 saturated heterocycles. The zero-order valence-electron chi connectivity index (χ0n) is 18.3. The topological polar surface area (TPSA) is 83.1 Å². The number of hydrazine groups is 1. The average molecular weight is 437 g/mol. The second-order valence-corrected chi connectivity index (χ2v) is 7.61. The Labute approximate surface area is 187 Å². The second kappa shape index (κ2) is 9.74. The summed E-state index contributed by atoms with van der Waals surface area (Å²) in [4.78, 5) is 27.0. The van der Waals surface area contributed by atoms with Crippen molar-refractivity contribution in [3.05, 3.63) is 66.5 Å². The predicted molar refractivity (Wildman–Crippen MR) is 121 cm³/mol. The highest BCUT2D eigenvalue weighted by Gasteiger charge is 2.40. The fraction of sp³-hybridized carbons (Fsp3) is 0.333. The van der Waals surface area contributed by atoms with Crippen LogP contribution in [0.5, 0.6) is 11.5 Å². The summed E-state index contributed by atoms with van der Waals surface area (Å²) in [5.74, 6) is 1.22. The molecule has 2 aromatic rings. The number of nitrogens with one attached hydrogen (secondary N) is 2. The molecule has 32 heavy (non-hydrogen) atoms. The number of fused-ring (bicyclic) bond motifs is 1. The molecule has 0 spiro atoms. The van der Waals surface area contributed by atoms with Gasteiger partial charge in [-0.25, -0.2) is 5.43 Å². The Morgan fingerprint density at radius 2 is 1.62 bits per heavy atom. The fourth-order valence-corrected chi connectivity index (χ4v) is 3.90. The maximum atomic E-state index is 13.0. The lowest BCUT2D eigenvalue weighted by Gasteiger charge is -2.31. The first-order chi connectivity index (χ1) is 15.6. The van der Waals surface area contributed by atoms with E-state index in [0.29, 0.717) is 25.3 Å². The number of benzene rings is 2. The second-order valence-electron chi connectivity index (χ2n) is 7.61. The maximum absolute atomic E-state index is 13.0. The van der Waals surface area contributed by atoms with Gasteiger partial charge in [-0.2, -0.15) is 0 Å². The lowest BCUT2D eigenvalue weighted by Crippen LogP contribution is -2.49. The van der Waals surface area contributed by atoms with Crippen molar-refractivity contribution < 1.29 is 19.1 Å². The largest absolute Gasteiger partial charge is 0.494 e. The van der Waals surface area contributed by atoms with Crippen molar-refractivity contribution in [2.24, 2.45) is 0 Å². The minimum absolute atomic E-state index is 0.0157. The third-order valence-corrected chi connectivity index (χ3v) is 5.43. The number of ether oxygens (including phenoxy) is 2. The first-order valence-corrected chi connectivity index (χ1v) is 10.9. The van der Waals surface area contributed by atoms with E-state index in [4.69, 9.17) is 9.47 Å². The highest BCUT2D eigenvalue weighted by atomic mass is 16.5. The third-order valence-electron chi connectivity index (χ3n) is 5.43. The average Bonchev–Trinajstić information content (AvgIpc) is 3.23. The molecule has 2 amide bonds. The van der Waals surface area contributed by atoms with E-state index in [-0.39, 0.29) is 30.4 Å². The van der Waals surface area contributed by atoms with Gasteiger partial charge >= 0.3 is 0 Å². The molecule has 2 heterocycles. The van der Waals surface area contributed by atoms with Crippen LogP contribution in [0.25, 0.3) is 0 Å². The molecule has 2 N–H and O–H groups in total. The summed E-state index contributed by atoms with van der Waals surface area (Å²) in [6.45, 7) is 5.03. The van der Waals surface area contributed by atoms with Crippen LogP contribution in [-0.2, 0) is 9.59 Å². The molecular weight excluding hydrogens is 408 g/mol. The monoisotopic (exact) mass is 436 g/mol. The van der Waals surface area contributed by atoms with Gasteiger partial charge in [0.1, 0.15) is 24.1 Å². The minimum atomic E-state index is -0.352. The summed E-state index contributed by atoms with van der Waals surface area (Å²) in [6, 6.07) is 14.7. The Balaban J connectivity index is 1.34. The van der Waals surface area contributed by atoms with Gasteiger partial charge in [0.05, 0.1) is 19.3 Å². The number of anilines is 1. The smallest absolute Gasteiger partial charge is 0.251 e.